The van der Waals surface area contributed by atoms with Gasteiger partial charge in [0, 0.05) is 16.8 Å². The van der Waals surface area contributed by atoms with Gasteiger partial charge in [-0.25, -0.2) is 5.01 Å². The highest BCUT2D eigenvalue weighted by atomic mass is 16.5. The summed E-state index contributed by atoms with van der Waals surface area (Å²) in [6, 6.07) is 15.4. The molecule has 0 radical (unpaired) electrons. The van der Waals surface area contributed by atoms with Crippen LogP contribution in [0.1, 0.15) is 39.4 Å². The maximum Gasteiger partial charge on any atom is 0.276 e. The summed E-state index contributed by atoms with van der Waals surface area (Å²) in [5, 5.41) is 4.58. The summed E-state index contributed by atoms with van der Waals surface area (Å²) in [6.45, 7) is 2.35. The number of ether oxygens (including phenoxy) is 5. The topological polar surface area (TPSA) is 108 Å². The maximum absolute atomic E-state index is 13.7. The number of methoxy groups -OCH3 is 4. The van der Waals surface area contributed by atoms with Gasteiger partial charge in [-0.2, -0.15) is 0 Å². The third-order valence-corrected chi connectivity index (χ3v) is 5.88. The Balaban J connectivity index is 1.78. The van der Waals surface area contributed by atoms with Gasteiger partial charge in [0.2, 0.25) is 5.75 Å². The smallest absolute Gasteiger partial charge is 0.276 e. The van der Waals surface area contributed by atoms with Crippen molar-refractivity contribution in [1.29, 1.82) is 0 Å². The van der Waals surface area contributed by atoms with Gasteiger partial charge in [0.1, 0.15) is 11.5 Å². The zero-order valence-electron chi connectivity index (χ0n) is 21.3. The van der Waals surface area contributed by atoms with E-state index < -0.39 is 18.0 Å². The molecule has 0 unspecified atom stereocenters. The molecular formula is C27H29N3O7. The monoisotopic (exact) mass is 507 g/mol. The number of nitrogens with zero attached hydrogens (tertiary/aromatic N) is 1. The van der Waals surface area contributed by atoms with Crippen molar-refractivity contribution in [3.05, 3.63) is 71.3 Å². The highest BCUT2D eigenvalue weighted by molar-refractivity contribution is 6.04. The standard InChI is InChI=1S/C27H29N3O7/c1-6-37-17-11-12-21(33-2)19(15-17)25-28-20-10-8-7-9-18(20)27(32)30(25)29-26(31)16-13-22(34-3)24(36-5)23(14-16)35-4/h7-15,25,28H,6H2,1-5H3,(H,29,31)/t25-/m1/s1. The third kappa shape index (κ3) is 4.90. The van der Waals surface area contributed by atoms with Crippen LogP contribution in [0.15, 0.2) is 54.6 Å². The van der Waals surface area contributed by atoms with Crippen molar-refractivity contribution in [3.63, 3.8) is 0 Å². The predicted molar refractivity (Wildman–Crippen MR) is 137 cm³/mol. The number of hydrogen-bond acceptors (Lipinski definition) is 8. The van der Waals surface area contributed by atoms with Crippen molar-refractivity contribution >= 4 is 17.5 Å². The van der Waals surface area contributed by atoms with Gasteiger partial charge in [-0.1, -0.05) is 12.1 Å². The molecule has 3 aromatic carbocycles. The molecule has 2 amide bonds. The first-order valence-electron chi connectivity index (χ1n) is 11.6. The quantitative estimate of drug-likeness (QED) is 0.447. The summed E-state index contributed by atoms with van der Waals surface area (Å²) in [5.41, 5.74) is 4.58. The Morgan fingerprint density at radius 1 is 0.919 bits per heavy atom. The Morgan fingerprint density at radius 3 is 2.22 bits per heavy atom. The van der Waals surface area contributed by atoms with E-state index in [1.807, 2.05) is 13.0 Å². The minimum atomic E-state index is -0.802. The van der Waals surface area contributed by atoms with E-state index in [4.69, 9.17) is 23.7 Å². The molecule has 0 aromatic heterocycles. The number of hydrazine groups is 1. The van der Waals surface area contributed by atoms with Crippen LogP contribution in [0, 0.1) is 0 Å². The highest BCUT2D eigenvalue weighted by Crippen LogP contribution is 2.40. The second-order valence-electron chi connectivity index (χ2n) is 7.96. The predicted octanol–water partition coefficient (Wildman–Crippen LogP) is 4.03. The minimum Gasteiger partial charge on any atom is -0.496 e. The molecule has 37 heavy (non-hydrogen) atoms. The van der Waals surface area contributed by atoms with Gasteiger partial charge in [-0.05, 0) is 49.4 Å². The molecule has 0 fully saturated rings. The van der Waals surface area contributed by atoms with Crippen LogP contribution in [0.25, 0.3) is 0 Å². The molecule has 194 valence electrons. The van der Waals surface area contributed by atoms with Crippen LogP contribution in [0.3, 0.4) is 0 Å². The number of carbonyl (C=O) groups excluding carboxylic acids is 2. The van der Waals surface area contributed by atoms with Crippen molar-refractivity contribution in [2.75, 3.05) is 40.4 Å². The fraction of sp³-hybridized carbons (Fsp3) is 0.259. The van der Waals surface area contributed by atoms with Gasteiger partial charge < -0.3 is 29.0 Å². The average molecular weight is 508 g/mol. The van der Waals surface area contributed by atoms with Crippen LogP contribution >= 0.6 is 0 Å². The molecule has 0 saturated heterocycles. The number of nitrogens with one attached hydrogen (secondary N) is 2. The van der Waals surface area contributed by atoms with E-state index in [0.29, 0.717) is 52.2 Å². The van der Waals surface area contributed by atoms with E-state index in [1.54, 1.807) is 36.4 Å². The molecule has 3 aromatic rings. The number of anilines is 1. The fourth-order valence-electron chi connectivity index (χ4n) is 4.16. The molecule has 0 bridgehead atoms. The number of fused-ring (bicyclic) bond motifs is 1. The second-order valence-corrected chi connectivity index (χ2v) is 7.96. The first-order valence-corrected chi connectivity index (χ1v) is 11.6. The number of hydrogen-bond donors (Lipinski definition) is 2. The van der Waals surface area contributed by atoms with Crippen molar-refractivity contribution in [3.8, 4) is 28.7 Å². The van der Waals surface area contributed by atoms with Crippen LogP contribution < -0.4 is 34.4 Å². The number of carbonyl (C=O) groups is 2. The van der Waals surface area contributed by atoms with Gasteiger partial charge in [0.25, 0.3) is 11.8 Å². The first-order chi connectivity index (χ1) is 17.9. The van der Waals surface area contributed by atoms with E-state index in [2.05, 4.69) is 10.7 Å². The number of para-hydroxylation sites is 1. The van der Waals surface area contributed by atoms with Crippen LogP contribution in [0.5, 0.6) is 28.7 Å². The summed E-state index contributed by atoms with van der Waals surface area (Å²) in [5.74, 6) is 1.12. The minimum absolute atomic E-state index is 0.204. The third-order valence-electron chi connectivity index (χ3n) is 5.88. The van der Waals surface area contributed by atoms with Crippen LogP contribution in [0.2, 0.25) is 0 Å². The summed E-state index contributed by atoms with van der Waals surface area (Å²) in [6.07, 6.45) is -0.802. The van der Waals surface area contributed by atoms with Crippen molar-refractivity contribution in [2.45, 2.75) is 13.1 Å². The molecule has 0 spiro atoms. The Kier molecular flexibility index (Phi) is 7.57. The van der Waals surface area contributed by atoms with Gasteiger partial charge in [-0.3, -0.25) is 15.0 Å². The molecule has 1 aliphatic rings. The van der Waals surface area contributed by atoms with E-state index in [-0.39, 0.29) is 5.56 Å². The summed E-state index contributed by atoms with van der Waals surface area (Å²) in [4.78, 5) is 27.1. The highest BCUT2D eigenvalue weighted by Gasteiger charge is 2.36. The molecule has 1 atom stereocenters. The summed E-state index contributed by atoms with van der Waals surface area (Å²) < 4.78 is 27.4. The lowest BCUT2D eigenvalue weighted by molar-refractivity contribution is 0.0488. The van der Waals surface area contributed by atoms with E-state index in [1.165, 1.54) is 45.6 Å². The number of rotatable bonds is 9. The van der Waals surface area contributed by atoms with Gasteiger partial charge in [-0.15, -0.1) is 0 Å². The summed E-state index contributed by atoms with van der Waals surface area (Å²) >= 11 is 0. The molecule has 10 heteroatoms. The SMILES string of the molecule is CCOc1ccc(OC)c([C@@H]2Nc3ccccc3C(=O)N2NC(=O)c2cc(OC)c(OC)c(OC)c2)c1. The van der Waals surface area contributed by atoms with Crippen molar-refractivity contribution in [1.82, 2.24) is 10.4 Å². The van der Waals surface area contributed by atoms with Gasteiger partial charge in [0.15, 0.2) is 17.7 Å². The summed E-state index contributed by atoms with van der Waals surface area (Å²) in [7, 11) is 5.93. The molecule has 4 rings (SSSR count). The maximum atomic E-state index is 13.7. The van der Waals surface area contributed by atoms with Gasteiger partial charge in [0.05, 0.1) is 40.6 Å². The Labute approximate surface area is 215 Å². The normalized spacial score (nSPS) is 14.2. The Bertz CT molecular complexity index is 1290. The lowest BCUT2D eigenvalue weighted by atomic mass is 10.0. The molecule has 1 heterocycles. The fourth-order valence-corrected chi connectivity index (χ4v) is 4.16. The zero-order chi connectivity index (χ0) is 26.5. The lowest BCUT2D eigenvalue weighted by Crippen LogP contribution is -2.53. The Hall–Kier alpha value is -4.60. The molecular weight excluding hydrogens is 478 g/mol. The largest absolute Gasteiger partial charge is 0.496 e. The van der Waals surface area contributed by atoms with E-state index in [9.17, 15) is 9.59 Å². The molecule has 0 aliphatic carbocycles. The zero-order valence-corrected chi connectivity index (χ0v) is 21.3. The van der Waals surface area contributed by atoms with Crippen molar-refractivity contribution < 1.29 is 33.3 Å². The second kappa shape index (κ2) is 11.0. The first kappa shape index (κ1) is 25.5. The molecule has 1 aliphatic heterocycles. The number of benzene rings is 3. The van der Waals surface area contributed by atoms with E-state index in [0.717, 1.165) is 0 Å². The van der Waals surface area contributed by atoms with E-state index >= 15 is 0 Å². The van der Waals surface area contributed by atoms with Crippen LogP contribution in [-0.2, 0) is 0 Å². The number of amides is 2. The lowest BCUT2D eigenvalue weighted by Gasteiger charge is -2.38. The van der Waals surface area contributed by atoms with Gasteiger partial charge >= 0.3 is 0 Å². The molecule has 10 nitrogen and oxygen atoms in total. The molecule has 2 N–H and O–H groups in total. The molecule has 0 saturated carbocycles. The van der Waals surface area contributed by atoms with Crippen LogP contribution in [0.4, 0.5) is 5.69 Å². The average Bonchev–Trinajstić information content (AvgIpc) is 2.93. The van der Waals surface area contributed by atoms with Crippen molar-refractivity contribution in [2.24, 2.45) is 0 Å². The Morgan fingerprint density at radius 2 is 1.59 bits per heavy atom. The van der Waals surface area contributed by atoms with Crippen LogP contribution in [-0.4, -0.2) is 51.9 Å².